The summed E-state index contributed by atoms with van der Waals surface area (Å²) in [6.07, 6.45) is 0. The molecule has 1 N–H and O–H groups in total. The minimum atomic E-state index is -0.143. The van der Waals surface area contributed by atoms with Crippen LogP contribution in [0.15, 0.2) is 42.5 Å². The van der Waals surface area contributed by atoms with Crippen LogP contribution in [0.3, 0.4) is 0 Å². The van der Waals surface area contributed by atoms with Crippen molar-refractivity contribution in [2.24, 2.45) is 0 Å². The Balaban J connectivity index is 1.80. The molecule has 0 radical (unpaired) electrons. The molecule has 1 unspecified atom stereocenters. The third kappa shape index (κ3) is 3.67. The molecule has 0 saturated carbocycles. The Hall–Kier alpha value is -2.54. The molecule has 6 nitrogen and oxygen atoms in total. The minimum Gasteiger partial charge on any atom is -0.497 e. The van der Waals surface area contributed by atoms with Crippen LogP contribution in [0.4, 0.5) is 10.5 Å². The van der Waals surface area contributed by atoms with Crippen molar-refractivity contribution in [1.82, 2.24) is 4.90 Å². The van der Waals surface area contributed by atoms with Crippen molar-refractivity contribution in [3.8, 4) is 17.2 Å². The lowest BCUT2D eigenvalue weighted by Gasteiger charge is -2.26. The van der Waals surface area contributed by atoms with Gasteiger partial charge in [-0.15, -0.1) is 11.8 Å². The summed E-state index contributed by atoms with van der Waals surface area (Å²) in [5.41, 5.74) is 1.66. The Morgan fingerprint density at radius 2 is 1.85 bits per heavy atom. The zero-order valence-electron chi connectivity index (χ0n) is 15.0. The predicted octanol–water partition coefficient (Wildman–Crippen LogP) is 3.99. The zero-order valence-corrected chi connectivity index (χ0v) is 15.8. The lowest BCUT2D eigenvalue weighted by atomic mass is 10.1. The molecule has 3 rings (SSSR count). The van der Waals surface area contributed by atoms with Crippen molar-refractivity contribution in [3.63, 3.8) is 0 Å². The number of carbonyl (C=O) groups excluding carboxylic acids is 1. The van der Waals surface area contributed by atoms with Crippen LogP contribution in [0.25, 0.3) is 0 Å². The Bertz CT molecular complexity index is 767. The fourth-order valence-corrected chi connectivity index (χ4v) is 4.18. The van der Waals surface area contributed by atoms with Gasteiger partial charge in [0.25, 0.3) is 0 Å². The molecule has 7 heteroatoms. The summed E-state index contributed by atoms with van der Waals surface area (Å²) >= 11 is 1.71. The molecule has 1 saturated heterocycles. The minimum absolute atomic E-state index is 0.127. The summed E-state index contributed by atoms with van der Waals surface area (Å²) in [5.74, 6) is 2.93. The number of ether oxygens (including phenoxy) is 3. The second-order valence-electron chi connectivity index (χ2n) is 5.66. The average Bonchev–Trinajstić information content (AvgIpc) is 3.17. The van der Waals surface area contributed by atoms with Gasteiger partial charge >= 0.3 is 6.03 Å². The first kappa shape index (κ1) is 18.3. The summed E-state index contributed by atoms with van der Waals surface area (Å²) in [4.78, 5) is 14.6. The highest BCUT2D eigenvalue weighted by Crippen LogP contribution is 2.45. The molecule has 0 aliphatic carbocycles. The van der Waals surface area contributed by atoms with Crippen molar-refractivity contribution < 1.29 is 19.0 Å². The second-order valence-corrected chi connectivity index (χ2v) is 6.85. The molecule has 2 aromatic rings. The summed E-state index contributed by atoms with van der Waals surface area (Å²) in [5, 5.41) is 2.82. The number of amides is 2. The number of urea groups is 1. The van der Waals surface area contributed by atoms with Crippen molar-refractivity contribution in [2.75, 3.05) is 38.9 Å². The number of rotatable bonds is 5. The van der Waals surface area contributed by atoms with Crippen LogP contribution < -0.4 is 19.5 Å². The van der Waals surface area contributed by atoms with Gasteiger partial charge in [0.2, 0.25) is 0 Å². The van der Waals surface area contributed by atoms with Gasteiger partial charge in [-0.05, 0) is 30.3 Å². The van der Waals surface area contributed by atoms with E-state index in [9.17, 15) is 4.79 Å². The Morgan fingerprint density at radius 1 is 1.08 bits per heavy atom. The van der Waals surface area contributed by atoms with Gasteiger partial charge < -0.3 is 24.4 Å². The summed E-state index contributed by atoms with van der Waals surface area (Å²) < 4.78 is 16.1. The van der Waals surface area contributed by atoms with E-state index in [2.05, 4.69) is 5.32 Å². The van der Waals surface area contributed by atoms with E-state index in [0.29, 0.717) is 18.0 Å². The molecule has 2 aromatic carbocycles. The van der Waals surface area contributed by atoms with E-state index in [-0.39, 0.29) is 11.4 Å². The highest BCUT2D eigenvalue weighted by molar-refractivity contribution is 7.99. The zero-order chi connectivity index (χ0) is 18.5. The summed E-state index contributed by atoms with van der Waals surface area (Å²) in [7, 11) is 4.83. The number of hydrogen-bond donors (Lipinski definition) is 1. The van der Waals surface area contributed by atoms with E-state index >= 15 is 0 Å². The maximum absolute atomic E-state index is 12.8. The van der Waals surface area contributed by atoms with Crippen molar-refractivity contribution in [3.05, 3.63) is 48.0 Å². The van der Waals surface area contributed by atoms with Gasteiger partial charge in [0, 0.05) is 23.5 Å². The highest BCUT2D eigenvalue weighted by Gasteiger charge is 2.33. The third-order valence-corrected chi connectivity index (χ3v) is 5.44. The van der Waals surface area contributed by atoms with Crippen LogP contribution in [-0.4, -0.2) is 44.6 Å². The molecule has 1 heterocycles. The number of nitrogens with zero attached hydrogens (tertiary/aromatic N) is 1. The number of anilines is 1. The lowest BCUT2D eigenvalue weighted by Crippen LogP contribution is -2.34. The quantitative estimate of drug-likeness (QED) is 0.857. The molecule has 26 heavy (non-hydrogen) atoms. The van der Waals surface area contributed by atoms with Crippen molar-refractivity contribution in [1.29, 1.82) is 0 Å². The first-order chi connectivity index (χ1) is 12.7. The molecule has 0 aromatic heterocycles. The average molecular weight is 374 g/mol. The van der Waals surface area contributed by atoms with Crippen LogP contribution in [0.2, 0.25) is 0 Å². The number of carbonyl (C=O) groups is 1. The molecule has 1 aliphatic rings. The van der Waals surface area contributed by atoms with Crippen molar-refractivity contribution >= 4 is 23.5 Å². The van der Waals surface area contributed by atoms with E-state index in [0.717, 1.165) is 22.8 Å². The molecule has 0 spiro atoms. The Labute approximate surface area is 157 Å². The molecule has 0 bridgehead atoms. The summed E-state index contributed by atoms with van der Waals surface area (Å²) in [6, 6.07) is 12.9. The van der Waals surface area contributed by atoms with Gasteiger partial charge in [0.05, 0.1) is 21.3 Å². The largest absolute Gasteiger partial charge is 0.497 e. The van der Waals surface area contributed by atoms with E-state index in [4.69, 9.17) is 14.2 Å². The number of methoxy groups -OCH3 is 3. The van der Waals surface area contributed by atoms with Crippen molar-refractivity contribution in [2.45, 2.75) is 5.37 Å². The van der Waals surface area contributed by atoms with E-state index in [1.54, 1.807) is 33.1 Å². The number of thioether (sulfide) groups is 1. The maximum atomic E-state index is 12.8. The predicted molar refractivity (Wildman–Crippen MR) is 103 cm³/mol. The van der Waals surface area contributed by atoms with Crippen LogP contribution in [0, 0.1) is 0 Å². The van der Waals surface area contributed by atoms with Gasteiger partial charge in [-0.1, -0.05) is 12.1 Å². The standard InChI is InChI=1S/C19H22N2O4S/c1-23-14-9-7-13(8-10-14)20-19(22)21-11-12-26-18(21)15-5-4-6-16(24-2)17(15)25-3/h4-10,18H,11-12H2,1-3H3,(H,20,22). The fraction of sp³-hybridized carbons (Fsp3) is 0.316. The number of benzene rings is 2. The van der Waals surface area contributed by atoms with Gasteiger partial charge in [-0.2, -0.15) is 0 Å². The smallest absolute Gasteiger partial charge is 0.323 e. The van der Waals surface area contributed by atoms with Gasteiger partial charge in [0.15, 0.2) is 11.5 Å². The third-order valence-electron chi connectivity index (χ3n) is 4.19. The highest BCUT2D eigenvalue weighted by atomic mass is 32.2. The molecular formula is C19H22N2O4S. The van der Waals surface area contributed by atoms with Gasteiger partial charge in [-0.3, -0.25) is 0 Å². The summed E-state index contributed by atoms with van der Waals surface area (Å²) in [6.45, 7) is 0.664. The van der Waals surface area contributed by atoms with Gasteiger partial charge in [0.1, 0.15) is 11.1 Å². The number of para-hydroxylation sites is 1. The molecular weight excluding hydrogens is 352 g/mol. The fourth-order valence-electron chi connectivity index (χ4n) is 2.91. The second kappa shape index (κ2) is 8.23. The topological polar surface area (TPSA) is 60.0 Å². The SMILES string of the molecule is COc1ccc(NC(=O)N2CCSC2c2cccc(OC)c2OC)cc1. The number of hydrogen-bond acceptors (Lipinski definition) is 5. The molecule has 1 atom stereocenters. The lowest BCUT2D eigenvalue weighted by molar-refractivity contribution is 0.213. The van der Waals surface area contributed by atoms with Crippen LogP contribution >= 0.6 is 11.8 Å². The Morgan fingerprint density at radius 3 is 2.50 bits per heavy atom. The monoisotopic (exact) mass is 374 g/mol. The van der Waals surface area contributed by atoms with E-state index in [1.165, 1.54) is 0 Å². The molecule has 1 aliphatic heterocycles. The van der Waals surface area contributed by atoms with Crippen LogP contribution in [0.1, 0.15) is 10.9 Å². The first-order valence-corrected chi connectivity index (χ1v) is 9.27. The molecule has 2 amide bonds. The van der Waals surface area contributed by atoms with E-state index < -0.39 is 0 Å². The first-order valence-electron chi connectivity index (χ1n) is 8.22. The van der Waals surface area contributed by atoms with Gasteiger partial charge in [-0.25, -0.2) is 4.79 Å². The maximum Gasteiger partial charge on any atom is 0.323 e. The molecule has 1 fully saturated rings. The normalized spacial score (nSPS) is 16.3. The van der Waals surface area contributed by atoms with Crippen LogP contribution in [-0.2, 0) is 0 Å². The number of nitrogens with one attached hydrogen (secondary N) is 1. The Kier molecular flexibility index (Phi) is 5.78. The van der Waals surface area contributed by atoms with E-state index in [1.807, 2.05) is 47.4 Å². The molecule has 138 valence electrons. The van der Waals surface area contributed by atoms with Crippen LogP contribution in [0.5, 0.6) is 17.2 Å².